The Morgan fingerprint density at radius 3 is 3.06 bits per heavy atom. The number of benzene rings is 1. The van der Waals surface area contributed by atoms with Crippen LogP contribution in [0.4, 0.5) is 5.69 Å². The fraction of sp³-hybridized carbons (Fsp3) is 0.462. The fourth-order valence-electron chi connectivity index (χ4n) is 1.96. The molecule has 0 bridgehead atoms. The average Bonchev–Trinajstić information content (AvgIpc) is 2.30. The smallest absolute Gasteiger partial charge is 0.306 e. The molecule has 0 radical (unpaired) electrons. The third-order valence-electron chi connectivity index (χ3n) is 3.08. The molecule has 0 amide bonds. The van der Waals surface area contributed by atoms with Gasteiger partial charge in [0.1, 0.15) is 12.4 Å². The van der Waals surface area contributed by atoms with Gasteiger partial charge in [0.25, 0.3) is 0 Å². The van der Waals surface area contributed by atoms with Gasteiger partial charge in [-0.05, 0) is 24.1 Å². The number of carbonyl (C=O) groups is 1. The first-order valence-corrected chi connectivity index (χ1v) is 5.77. The molecule has 0 fully saturated rings. The molecule has 1 heterocycles. The number of carboxylic acids is 1. The number of nitrogens with zero attached hydrogens (tertiary/aromatic N) is 1. The highest BCUT2D eigenvalue weighted by atomic mass is 16.5. The maximum absolute atomic E-state index is 10.8. The van der Waals surface area contributed by atoms with Crippen molar-refractivity contribution in [1.82, 2.24) is 0 Å². The van der Waals surface area contributed by atoms with Crippen LogP contribution in [0.2, 0.25) is 0 Å². The summed E-state index contributed by atoms with van der Waals surface area (Å²) in [6, 6.07) is 5.89. The van der Waals surface area contributed by atoms with Gasteiger partial charge in [-0.1, -0.05) is 13.0 Å². The highest BCUT2D eigenvalue weighted by Crippen LogP contribution is 2.32. The van der Waals surface area contributed by atoms with E-state index in [2.05, 4.69) is 4.90 Å². The number of fused-ring (bicyclic) bond motifs is 1. The van der Waals surface area contributed by atoms with Crippen LogP contribution in [-0.2, 0) is 11.2 Å². The van der Waals surface area contributed by atoms with Crippen molar-refractivity contribution in [2.75, 3.05) is 25.1 Å². The Hall–Kier alpha value is -1.71. The second-order valence-corrected chi connectivity index (χ2v) is 4.52. The molecule has 1 aliphatic heterocycles. The van der Waals surface area contributed by atoms with E-state index in [1.54, 1.807) is 6.92 Å². The lowest BCUT2D eigenvalue weighted by Gasteiger charge is -2.28. The van der Waals surface area contributed by atoms with E-state index in [4.69, 9.17) is 9.84 Å². The van der Waals surface area contributed by atoms with Crippen LogP contribution < -0.4 is 9.64 Å². The van der Waals surface area contributed by atoms with Gasteiger partial charge in [0.05, 0.1) is 18.2 Å². The van der Waals surface area contributed by atoms with E-state index in [1.165, 1.54) is 0 Å². The molecule has 17 heavy (non-hydrogen) atoms. The van der Waals surface area contributed by atoms with Crippen molar-refractivity contribution in [3.63, 3.8) is 0 Å². The second-order valence-electron chi connectivity index (χ2n) is 4.52. The van der Waals surface area contributed by atoms with Gasteiger partial charge in [-0.15, -0.1) is 0 Å². The van der Waals surface area contributed by atoms with Crippen molar-refractivity contribution in [2.24, 2.45) is 5.92 Å². The molecule has 0 spiro atoms. The Bertz CT molecular complexity index is 431. The summed E-state index contributed by atoms with van der Waals surface area (Å²) in [7, 11) is 2.02. The predicted octanol–water partition coefficient (Wildman–Crippen LogP) is 1.78. The van der Waals surface area contributed by atoms with Gasteiger partial charge in [0.15, 0.2) is 0 Å². The molecule has 0 saturated heterocycles. The number of aliphatic carboxylic acids is 1. The Balaban J connectivity index is 2.20. The van der Waals surface area contributed by atoms with Crippen molar-refractivity contribution in [3.8, 4) is 5.75 Å². The molecule has 1 aromatic carbocycles. The molecule has 1 N–H and O–H groups in total. The van der Waals surface area contributed by atoms with E-state index in [1.807, 2.05) is 25.2 Å². The van der Waals surface area contributed by atoms with Gasteiger partial charge >= 0.3 is 5.97 Å². The Labute approximate surface area is 101 Å². The number of ether oxygens (including phenoxy) is 1. The van der Waals surface area contributed by atoms with E-state index in [0.29, 0.717) is 13.0 Å². The number of rotatable bonds is 3. The van der Waals surface area contributed by atoms with E-state index < -0.39 is 5.97 Å². The number of anilines is 1. The van der Waals surface area contributed by atoms with E-state index in [-0.39, 0.29) is 5.92 Å². The first-order chi connectivity index (χ1) is 8.08. The molecule has 4 nitrogen and oxygen atoms in total. The molecule has 1 aromatic rings. The van der Waals surface area contributed by atoms with Crippen molar-refractivity contribution < 1.29 is 14.6 Å². The molecular weight excluding hydrogens is 218 g/mol. The van der Waals surface area contributed by atoms with Gasteiger partial charge in [0, 0.05) is 7.05 Å². The van der Waals surface area contributed by atoms with Crippen LogP contribution in [0, 0.1) is 5.92 Å². The standard InChI is InChI=1S/C13H17NO3/c1-9(13(15)16)7-10-3-4-12-11(8-10)14(2)5-6-17-12/h3-4,8-9H,5-7H2,1-2H3,(H,15,16). The molecule has 2 rings (SSSR count). The molecule has 0 saturated carbocycles. The number of hydrogen-bond donors (Lipinski definition) is 1. The topological polar surface area (TPSA) is 49.8 Å². The lowest BCUT2D eigenvalue weighted by molar-refractivity contribution is -0.141. The SMILES string of the molecule is CC(Cc1ccc2c(c1)N(C)CCO2)C(=O)O. The van der Waals surface area contributed by atoms with Crippen LogP contribution in [0.1, 0.15) is 12.5 Å². The highest BCUT2D eigenvalue weighted by Gasteiger charge is 2.17. The summed E-state index contributed by atoms with van der Waals surface area (Å²) in [6.07, 6.45) is 0.552. The molecule has 1 unspecified atom stereocenters. The van der Waals surface area contributed by atoms with Gasteiger partial charge < -0.3 is 14.7 Å². The first kappa shape index (κ1) is 11.8. The average molecular weight is 235 g/mol. The minimum atomic E-state index is -0.757. The summed E-state index contributed by atoms with van der Waals surface area (Å²) >= 11 is 0. The number of carboxylic acid groups (broad SMARTS) is 1. The van der Waals surface area contributed by atoms with Crippen molar-refractivity contribution >= 4 is 11.7 Å². The van der Waals surface area contributed by atoms with Gasteiger partial charge in [0.2, 0.25) is 0 Å². The summed E-state index contributed by atoms with van der Waals surface area (Å²) < 4.78 is 5.54. The molecule has 92 valence electrons. The van der Waals surface area contributed by atoms with E-state index in [0.717, 1.165) is 23.5 Å². The minimum Gasteiger partial charge on any atom is -0.490 e. The quantitative estimate of drug-likeness (QED) is 0.867. The summed E-state index contributed by atoms with van der Waals surface area (Å²) in [5, 5.41) is 8.90. The number of hydrogen-bond acceptors (Lipinski definition) is 3. The lowest BCUT2D eigenvalue weighted by Crippen LogP contribution is -2.28. The van der Waals surface area contributed by atoms with Crippen LogP contribution in [-0.4, -0.2) is 31.3 Å². The van der Waals surface area contributed by atoms with Crippen molar-refractivity contribution in [3.05, 3.63) is 23.8 Å². The second kappa shape index (κ2) is 4.65. The van der Waals surface area contributed by atoms with Crippen molar-refractivity contribution in [1.29, 1.82) is 0 Å². The van der Waals surface area contributed by atoms with Crippen LogP contribution in [0.15, 0.2) is 18.2 Å². The molecule has 1 aliphatic rings. The third-order valence-corrected chi connectivity index (χ3v) is 3.08. The van der Waals surface area contributed by atoms with Gasteiger partial charge in [-0.25, -0.2) is 0 Å². The summed E-state index contributed by atoms with van der Waals surface area (Å²) in [6.45, 7) is 3.29. The van der Waals surface area contributed by atoms with Crippen LogP contribution in [0.25, 0.3) is 0 Å². The molecule has 1 atom stereocenters. The van der Waals surface area contributed by atoms with Crippen LogP contribution in [0.3, 0.4) is 0 Å². The van der Waals surface area contributed by atoms with Gasteiger partial charge in [-0.2, -0.15) is 0 Å². The first-order valence-electron chi connectivity index (χ1n) is 5.77. The van der Waals surface area contributed by atoms with Crippen LogP contribution in [0.5, 0.6) is 5.75 Å². The zero-order chi connectivity index (χ0) is 12.4. The predicted molar refractivity (Wildman–Crippen MR) is 65.7 cm³/mol. The molecular formula is C13H17NO3. The maximum Gasteiger partial charge on any atom is 0.306 e. The summed E-state index contributed by atoms with van der Waals surface area (Å²) in [5.74, 6) is -0.235. The zero-order valence-corrected chi connectivity index (χ0v) is 10.1. The number of likely N-dealkylation sites (N-methyl/N-ethyl adjacent to an activating group) is 1. The van der Waals surface area contributed by atoms with Gasteiger partial charge in [-0.3, -0.25) is 4.79 Å². The van der Waals surface area contributed by atoms with E-state index in [9.17, 15) is 4.79 Å². The highest BCUT2D eigenvalue weighted by molar-refractivity contribution is 5.70. The van der Waals surface area contributed by atoms with Crippen LogP contribution >= 0.6 is 0 Å². The third kappa shape index (κ3) is 2.52. The monoisotopic (exact) mass is 235 g/mol. The normalized spacial score (nSPS) is 16.0. The summed E-state index contributed by atoms with van der Waals surface area (Å²) in [5.41, 5.74) is 2.09. The molecule has 4 heteroatoms. The minimum absolute atomic E-state index is 0.358. The summed E-state index contributed by atoms with van der Waals surface area (Å²) in [4.78, 5) is 13.0. The van der Waals surface area contributed by atoms with Crippen molar-refractivity contribution in [2.45, 2.75) is 13.3 Å². The maximum atomic E-state index is 10.8. The zero-order valence-electron chi connectivity index (χ0n) is 10.1. The molecule has 0 aliphatic carbocycles. The Kier molecular flexibility index (Phi) is 3.22. The Morgan fingerprint density at radius 1 is 1.59 bits per heavy atom. The molecule has 0 aromatic heterocycles. The van der Waals surface area contributed by atoms with E-state index >= 15 is 0 Å². The largest absolute Gasteiger partial charge is 0.490 e. The fourth-order valence-corrected chi connectivity index (χ4v) is 1.96. The Morgan fingerprint density at radius 2 is 2.35 bits per heavy atom. The lowest BCUT2D eigenvalue weighted by atomic mass is 10.0.